The lowest BCUT2D eigenvalue weighted by atomic mass is 10.2. The van der Waals surface area contributed by atoms with Gasteiger partial charge >= 0.3 is 0 Å². The van der Waals surface area contributed by atoms with Crippen molar-refractivity contribution in [2.45, 2.75) is 6.92 Å². The molecule has 0 saturated carbocycles. The van der Waals surface area contributed by atoms with Crippen molar-refractivity contribution in [1.29, 1.82) is 0 Å². The van der Waals surface area contributed by atoms with Crippen LogP contribution in [0, 0.1) is 0 Å². The zero-order chi connectivity index (χ0) is 22.8. The monoisotopic (exact) mass is 440 g/mol. The third kappa shape index (κ3) is 3.80. The van der Waals surface area contributed by atoms with Gasteiger partial charge in [-0.05, 0) is 55.5 Å². The van der Waals surface area contributed by atoms with Crippen molar-refractivity contribution >= 4 is 28.2 Å². The Balaban J connectivity index is 1.75. The number of anilines is 2. The molecule has 3 heterocycles. The second kappa shape index (κ2) is 8.54. The summed E-state index contributed by atoms with van der Waals surface area (Å²) in [7, 11) is 1.62. The smallest absolute Gasteiger partial charge is 0.293 e. The van der Waals surface area contributed by atoms with E-state index in [1.165, 1.54) is 6.20 Å². The molecule has 1 N–H and O–H groups in total. The first-order valence-corrected chi connectivity index (χ1v) is 10.4. The molecule has 5 rings (SSSR count). The van der Waals surface area contributed by atoms with E-state index in [2.05, 4.69) is 15.4 Å². The SMILES string of the molecule is CCOc1cccc2c1nc(Nc1ccccnc1=O)n1nc(-c3ccc(OC)cc3)nc21. The van der Waals surface area contributed by atoms with Crippen LogP contribution in [0.15, 0.2) is 71.7 Å². The second-order valence-electron chi connectivity index (χ2n) is 7.09. The highest BCUT2D eigenvalue weighted by Crippen LogP contribution is 2.30. The van der Waals surface area contributed by atoms with Crippen molar-refractivity contribution in [3.63, 3.8) is 0 Å². The highest BCUT2D eigenvalue weighted by Gasteiger charge is 2.17. The topological polar surface area (TPSA) is 104 Å². The predicted octanol–water partition coefficient (Wildman–Crippen LogP) is 3.85. The number of hydrogen-bond donors (Lipinski definition) is 1. The van der Waals surface area contributed by atoms with Crippen molar-refractivity contribution in [2.75, 3.05) is 19.0 Å². The molecular formula is C24H20N6O3. The Kier molecular flexibility index (Phi) is 5.27. The van der Waals surface area contributed by atoms with Crippen LogP contribution in [0.4, 0.5) is 11.6 Å². The van der Waals surface area contributed by atoms with Crippen LogP contribution in [0.3, 0.4) is 0 Å². The van der Waals surface area contributed by atoms with Crippen LogP contribution in [-0.4, -0.2) is 38.3 Å². The summed E-state index contributed by atoms with van der Waals surface area (Å²) >= 11 is 0. The van der Waals surface area contributed by atoms with Crippen molar-refractivity contribution in [3.05, 3.63) is 77.2 Å². The third-order valence-corrected chi connectivity index (χ3v) is 5.04. The molecule has 5 aromatic rings. The maximum absolute atomic E-state index is 12.4. The Morgan fingerprint density at radius 2 is 1.85 bits per heavy atom. The third-order valence-electron chi connectivity index (χ3n) is 5.04. The first-order valence-electron chi connectivity index (χ1n) is 10.4. The molecule has 33 heavy (non-hydrogen) atoms. The van der Waals surface area contributed by atoms with Crippen LogP contribution in [0.2, 0.25) is 0 Å². The van der Waals surface area contributed by atoms with Gasteiger partial charge in [0, 0.05) is 17.1 Å². The van der Waals surface area contributed by atoms with Gasteiger partial charge in [0.1, 0.15) is 22.7 Å². The highest BCUT2D eigenvalue weighted by molar-refractivity contribution is 5.96. The first kappa shape index (κ1) is 20.4. The fraction of sp³-hybridized carbons (Fsp3) is 0.125. The van der Waals surface area contributed by atoms with Crippen LogP contribution in [0.1, 0.15) is 6.92 Å². The van der Waals surface area contributed by atoms with Crippen molar-refractivity contribution in [3.8, 4) is 22.9 Å². The number of aromatic nitrogens is 5. The molecule has 0 amide bonds. The Labute approximate surface area is 188 Å². The number of methoxy groups -OCH3 is 1. The molecule has 0 saturated heterocycles. The number of nitrogens with one attached hydrogen (secondary N) is 1. The lowest BCUT2D eigenvalue weighted by Crippen LogP contribution is -2.12. The summed E-state index contributed by atoms with van der Waals surface area (Å²) in [4.78, 5) is 25.8. The number of rotatable bonds is 6. The molecule has 0 radical (unpaired) electrons. The van der Waals surface area contributed by atoms with Gasteiger partial charge in [-0.2, -0.15) is 4.52 Å². The number of hydrogen-bond acceptors (Lipinski definition) is 8. The predicted molar refractivity (Wildman–Crippen MR) is 125 cm³/mol. The van der Waals surface area contributed by atoms with Crippen LogP contribution < -0.4 is 20.3 Å². The first-order chi connectivity index (χ1) is 16.2. The fourth-order valence-corrected chi connectivity index (χ4v) is 3.49. The Hall–Kier alpha value is -4.53. The molecule has 9 nitrogen and oxygen atoms in total. The zero-order valence-corrected chi connectivity index (χ0v) is 18.0. The minimum absolute atomic E-state index is 0.267. The molecule has 2 aromatic carbocycles. The van der Waals surface area contributed by atoms with E-state index in [1.54, 1.807) is 29.8 Å². The van der Waals surface area contributed by atoms with E-state index in [0.717, 1.165) is 16.7 Å². The lowest BCUT2D eigenvalue weighted by Gasteiger charge is -2.10. The van der Waals surface area contributed by atoms with Gasteiger partial charge in [-0.3, -0.25) is 4.79 Å². The van der Waals surface area contributed by atoms with Gasteiger partial charge in [-0.25, -0.2) is 15.0 Å². The standard InChI is InChI=1S/C24H20N6O3/c1-3-33-19-9-6-7-17-20(19)27-24(26-18-8-4-5-14-25-23(18)31)30-22(17)28-21(29-30)15-10-12-16(32-2)13-11-15/h4-14H,3H2,1-2H3,(H,25,26,27,31). The quantitative estimate of drug-likeness (QED) is 0.425. The molecule has 0 spiro atoms. The molecule has 0 atom stereocenters. The number of nitrogens with zero attached hydrogens (tertiary/aromatic N) is 5. The van der Waals surface area contributed by atoms with E-state index >= 15 is 0 Å². The number of para-hydroxylation sites is 1. The minimum atomic E-state index is -0.413. The second-order valence-corrected chi connectivity index (χ2v) is 7.09. The number of ether oxygens (including phenoxy) is 2. The largest absolute Gasteiger partial charge is 0.497 e. The molecule has 0 bridgehead atoms. The molecule has 0 aliphatic carbocycles. The normalized spacial score (nSPS) is 11.0. The minimum Gasteiger partial charge on any atom is -0.497 e. The maximum atomic E-state index is 12.4. The maximum Gasteiger partial charge on any atom is 0.293 e. The van der Waals surface area contributed by atoms with E-state index in [4.69, 9.17) is 19.4 Å². The molecule has 9 heteroatoms. The lowest BCUT2D eigenvalue weighted by molar-refractivity contribution is 0.343. The summed E-state index contributed by atoms with van der Waals surface area (Å²) in [6.07, 6.45) is 1.45. The highest BCUT2D eigenvalue weighted by atomic mass is 16.5. The molecular weight excluding hydrogens is 420 g/mol. The van der Waals surface area contributed by atoms with E-state index in [9.17, 15) is 4.79 Å². The molecule has 0 aliphatic heterocycles. The summed E-state index contributed by atoms with van der Waals surface area (Å²) in [6, 6.07) is 18.2. The van der Waals surface area contributed by atoms with Gasteiger partial charge < -0.3 is 14.8 Å². The molecule has 0 aliphatic rings. The van der Waals surface area contributed by atoms with Crippen molar-refractivity contribution in [2.24, 2.45) is 0 Å². The van der Waals surface area contributed by atoms with E-state index in [-0.39, 0.29) is 5.69 Å². The van der Waals surface area contributed by atoms with Crippen molar-refractivity contribution < 1.29 is 9.47 Å². The van der Waals surface area contributed by atoms with Crippen LogP contribution >= 0.6 is 0 Å². The van der Waals surface area contributed by atoms with Gasteiger partial charge in [0.25, 0.3) is 5.56 Å². The van der Waals surface area contributed by atoms with E-state index in [0.29, 0.717) is 35.3 Å². The van der Waals surface area contributed by atoms with Crippen molar-refractivity contribution in [1.82, 2.24) is 24.6 Å². The van der Waals surface area contributed by atoms with Crippen LogP contribution in [0.25, 0.3) is 27.9 Å². The number of benzene rings is 2. The summed E-state index contributed by atoms with van der Waals surface area (Å²) in [6.45, 7) is 2.40. The molecule has 3 aromatic heterocycles. The van der Waals surface area contributed by atoms with Crippen LogP contribution in [-0.2, 0) is 0 Å². The van der Waals surface area contributed by atoms with Gasteiger partial charge in [0.15, 0.2) is 11.5 Å². The molecule has 0 unspecified atom stereocenters. The Morgan fingerprint density at radius 1 is 1.00 bits per heavy atom. The Bertz CT molecular complexity index is 1520. The zero-order valence-electron chi connectivity index (χ0n) is 18.0. The summed E-state index contributed by atoms with van der Waals surface area (Å²) in [5.74, 6) is 2.19. The van der Waals surface area contributed by atoms with E-state index < -0.39 is 5.56 Å². The van der Waals surface area contributed by atoms with Gasteiger partial charge in [0.2, 0.25) is 5.95 Å². The summed E-state index contributed by atoms with van der Waals surface area (Å²) < 4.78 is 12.6. The molecule has 164 valence electrons. The average Bonchev–Trinajstić information content (AvgIpc) is 3.20. The summed E-state index contributed by atoms with van der Waals surface area (Å²) in [5.41, 5.74) is 1.86. The van der Waals surface area contributed by atoms with Gasteiger partial charge in [-0.1, -0.05) is 12.1 Å². The fourth-order valence-electron chi connectivity index (χ4n) is 3.49. The van der Waals surface area contributed by atoms with E-state index in [1.807, 2.05) is 49.4 Å². The number of fused-ring (bicyclic) bond motifs is 3. The summed E-state index contributed by atoms with van der Waals surface area (Å²) in [5, 5.41) is 8.54. The van der Waals surface area contributed by atoms with Crippen LogP contribution in [0.5, 0.6) is 11.5 Å². The Morgan fingerprint density at radius 3 is 2.64 bits per heavy atom. The van der Waals surface area contributed by atoms with Gasteiger partial charge in [-0.15, -0.1) is 5.10 Å². The van der Waals surface area contributed by atoms with Gasteiger partial charge in [0.05, 0.1) is 13.7 Å². The molecule has 0 fully saturated rings. The average molecular weight is 440 g/mol.